The molecule has 0 amide bonds. The maximum atomic E-state index is 10.7. The summed E-state index contributed by atoms with van der Waals surface area (Å²) in [6.07, 6.45) is 2.54. The van der Waals surface area contributed by atoms with Gasteiger partial charge in [0.2, 0.25) is 0 Å². The summed E-state index contributed by atoms with van der Waals surface area (Å²) in [5.74, 6) is 3.57. The minimum Gasteiger partial charge on any atom is -0.497 e. The third-order valence-electron chi connectivity index (χ3n) is 4.11. The Kier molecular flexibility index (Phi) is 6.46. The number of rotatable bonds is 9. The molecule has 3 rings (SSSR count). The number of aromatic nitrogens is 1. The van der Waals surface area contributed by atoms with E-state index in [1.54, 1.807) is 37.6 Å². The van der Waals surface area contributed by atoms with Crippen LogP contribution in [0, 0.1) is 0 Å². The number of aldehydes is 1. The van der Waals surface area contributed by atoms with Gasteiger partial charge in [0.1, 0.15) is 30.1 Å². The minimum absolute atomic E-state index is 0.468. The van der Waals surface area contributed by atoms with Crippen molar-refractivity contribution < 1.29 is 19.0 Å². The Morgan fingerprint density at radius 3 is 2.32 bits per heavy atom. The summed E-state index contributed by atoms with van der Waals surface area (Å²) < 4.78 is 16.9. The van der Waals surface area contributed by atoms with Crippen molar-refractivity contribution in [2.45, 2.75) is 0 Å². The molecule has 0 saturated heterocycles. The highest BCUT2D eigenvalue weighted by molar-refractivity contribution is 5.74. The third-order valence-corrected chi connectivity index (χ3v) is 4.11. The molecule has 0 saturated carbocycles. The van der Waals surface area contributed by atoms with Gasteiger partial charge in [0.25, 0.3) is 0 Å². The topological polar surface area (TPSA) is 60.9 Å². The zero-order valence-electron chi connectivity index (χ0n) is 15.9. The van der Waals surface area contributed by atoms with E-state index >= 15 is 0 Å². The number of hydrogen-bond acceptors (Lipinski definition) is 6. The molecule has 144 valence electrons. The molecule has 6 heteroatoms. The van der Waals surface area contributed by atoms with Gasteiger partial charge in [0.15, 0.2) is 11.6 Å². The molecule has 0 spiro atoms. The van der Waals surface area contributed by atoms with Crippen molar-refractivity contribution in [2.24, 2.45) is 0 Å². The van der Waals surface area contributed by atoms with Crippen LogP contribution in [0.4, 0.5) is 5.82 Å². The van der Waals surface area contributed by atoms with Crippen molar-refractivity contribution in [3.63, 3.8) is 0 Å². The number of methoxy groups -OCH3 is 1. The number of carbonyl (C=O) groups excluding carboxylic acids is 1. The lowest BCUT2D eigenvalue weighted by Crippen LogP contribution is -2.25. The van der Waals surface area contributed by atoms with Crippen LogP contribution in [-0.2, 0) is 0 Å². The lowest BCUT2D eigenvalue weighted by Gasteiger charge is -2.21. The molecule has 1 heterocycles. The van der Waals surface area contributed by atoms with Gasteiger partial charge < -0.3 is 19.1 Å². The van der Waals surface area contributed by atoms with Gasteiger partial charge in [0, 0.05) is 18.8 Å². The highest BCUT2D eigenvalue weighted by Crippen LogP contribution is 2.30. The van der Waals surface area contributed by atoms with Crippen LogP contribution in [0.2, 0.25) is 0 Å². The molecular weight excluding hydrogens is 356 g/mol. The highest BCUT2D eigenvalue weighted by Gasteiger charge is 2.11. The molecule has 6 nitrogen and oxygen atoms in total. The first kappa shape index (κ1) is 19.2. The second-order valence-electron chi connectivity index (χ2n) is 6.06. The van der Waals surface area contributed by atoms with Crippen LogP contribution in [0.5, 0.6) is 23.0 Å². The maximum absolute atomic E-state index is 10.7. The van der Waals surface area contributed by atoms with E-state index in [0.717, 1.165) is 23.6 Å². The summed E-state index contributed by atoms with van der Waals surface area (Å²) >= 11 is 0. The Labute approximate surface area is 164 Å². The van der Waals surface area contributed by atoms with Crippen molar-refractivity contribution in [1.29, 1.82) is 0 Å². The Hall–Kier alpha value is -3.54. The Morgan fingerprint density at radius 2 is 1.64 bits per heavy atom. The van der Waals surface area contributed by atoms with Gasteiger partial charge in [-0.25, -0.2) is 4.98 Å². The first-order chi connectivity index (χ1) is 13.7. The molecule has 0 fully saturated rings. The fraction of sp³-hybridized carbons (Fsp3) is 0.182. The molecule has 0 bridgehead atoms. The number of nitrogens with zero attached hydrogens (tertiary/aromatic N) is 2. The number of hydrogen-bond donors (Lipinski definition) is 0. The predicted molar refractivity (Wildman–Crippen MR) is 108 cm³/mol. The van der Waals surface area contributed by atoms with Crippen LogP contribution in [0.25, 0.3) is 0 Å². The third kappa shape index (κ3) is 5.01. The van der Waals surface area contributed by atoms with Crippen molar-refractivity contribution >= 4 is 12.1 Å². The molecule has 0 aliphatic heterocycles. The SMILES string of the molecule is COc1ccc(Oc2cccnc2N(C)CCOc2ccc(C=O)cc2)cc1. The molecule has 0 aliphatic carbocycles. The molecule has 1 aromatic heterocycles. The zero-order valence-corrected chi connectivity index (χ0v) is 15.9. The van der Waals surface area contributed by atoms with Crippen LogP contribution < -0.4 is 19.1 Å². The molecule has 0 aliphatic rings. The average molecular weight is 378 g/mol. The first-order valence-electron chi connectivity index (χ1n) is 8.85. The van der Waals surface area contributed by atoms with Gasteiger partial charge in [-0.15, -0.1) is 0 Å². The van der Waals surface area contributed by atoms with Crippen molar-refractivity contribution in [1.82, 2.24) is 4.98 Å². The number of anilines is 1. The molecule has 3 aromatic rings. The van der Waals surface area contributed by atoms with E-state index in [-0.39, 0.29) is 0 Å². The molecule has 0 N–H and O–H groups in total. The molecule has 0 radical (unpaired) electrons. The molecule has 28 heavy (non-hydrogen) atoms. The van der Waals surface area contributed by atoms with Crippen LogP contribution >= 0.6 is 0 Å². The second kappa shape index (κ2) is 9.41. The van der Waals surface area contributed by atoms with E-state index in [9.17, 15) is 4.79 Å². The number of carbonyl (C=O) groups is 1. The van der Waals surface area contributed by atoms with Crippen LogP contribution in [0.1, 0.15) is 10.4 Å². The summed E-state index contributed by atoms with van der Waals surface area (Å²) in [5.41, 5.74) is 0.623. The first-order valence-corrected chi connectivity index (χ1v) is 8.85. The van der Waals surface area contributed by atoms with Gasteiger partial charge in [-0.3, -0.25) is 4.79 Å². The fourth-order valence-electron chi connectivity index (χ4n) is 2.57. The van der Waals surface area contributed by atoms with E-state index in [0.29, 0.717) is 30.2 Å². The standard InChI is InChI=1S/C22H22N2O4/c1-24(14-15-27-19-7-5-17(16-25)6-8-19)22-21(4-3-13-23-22)28-20-11-9-18(26-2)10-12-20/h3-13,16H,14-15H2,1-2H3. The fourth-order valence-corrected chi connectivity index (χ4v) is 2.57. The van der Waals surface area contributed by atoms with Gasteiger partial charge in [-0.05, 0) is 60.7 Å². The van der Waals surface area contributed by atoms with Crippen LogP contribution in [0.3, 0.4) is 0 Å². The number of benzene rings is 2. The van der Waals surface area contributed by atoms with E-state index in [4.69, 9.17) is 14.2 Å². The molecule has 0 unspecified atom stereocenters. The average Bonchev–Trinajstić information content (AvgIpc) is 2.75. The van der Waals surface area contributed by atoms with E-state index in [1.807, 2.05) is 48.3 Å². The van der Waals surface area contributed by atoms with E-state index in [1.165, 1.54) is 0 Å². The minimum atomic E-state index is 0.468. The summed E-state index contributed by atoms with van der Waals surface area (Å²) in [4.78, 5) is 17.1. The smallest absolute Gasteiger partial charge is 0.171 e. The Balaban J connectivity index is 1.61. The van der Waals surface area contributed by atoms with Crippen molar-refractivity contribution in [2.75, 3.05) is 32.2 Å². The lowest BCUT2D eigenvalue weighted by molar-refractivity contribution is 0.112. The number of likely N-dealkylation sites (N-methyl/N-ethyl adjacent to an activating group) is 1. The monoisotopic (exact) mass is 378 g/mol. The second-order valence-corrected chi connectivity index (χ2v) is 6.06. The highest BCUT2D eigenvalue weighted by atomic mass is 16.5. The summed E-state index contributed by atoms with van der Waals surface area (Å²) in [7, 11) is 3.56. The van der Waals surface area contributed by atoms with Gasteiger partial charge >= 0.3 is 0 Å². The zero-order chi connectivity index (χ0) is 19.8. The largest absolute Gasteiger partial charge is 0.497 e. The molecule has 2 aromatic carbocycles. The summed E-state index contributed by atoms with van der Waals surface area (Å²) in [5, 5.41) is 0. The normalized spacial score (nSPS) is 10.2. The predicted octanol–water partition coefficient (Wildman–Crippen LogP) is 4.21. The van der Waals surface area contributed by atoms with Crippen LogP contribution in [0.15, 0.2) is 66.9 Å². The van der Waals surface area contributed by atoms with Crippen molar-refractivity contribution in [3.05, 3.63) is 72.4 Å². The van der Waals surface area contributed by atoms with Gasteiger partial charge in [-0.2, -0.15) is 0 Å². The Morgan fingerprint density at radius 1 is 0.964 bits per heavy atom. The Bertz CT molecular complexity index is 895. The quantitative estimate of drug-likeness (QED) is 0.520. The molecular formula is C22H22N2O4. The van der Waals surface area contributed by atoms with E-state index in [2.05, 4.69) is 4.98 Å². The maximum Gasteiger partial charge on any atom is 0.171 e. The lowest BCUT2D eigenvalue weighted by atomic mass is 10.2. The van der Waals surface area contributed by atoms with E-state index < -0.39 is 0 Å². The number of ether oxygens (including phenoxy) is 3. The molecule has 0 atom stereocenters. The van der Waals surface area contributed by atoms with Gasteiger partial charge in [-0.1, -0.05) is 0 Å². The number of pyridine rings is 1. The summed E-state index contributed by atoms with van der Waals surface area (Å²) in [6.45, 7) is 1.08. The van der Waals surface area contributed by atoms with Crippen molar-refractivity contribution in [3.8, 4) is 23.0 Å². The van der Waals surface area contributed by atoms with Crippen LogP contribution in [-0.4, -0.2) is 38.6 Å². The van der Waals surface area contributed by atoms with Gasteiger partial charge in [0.05, 0.1) is 13.7 Å². The summed E-state index contributed by atoms with van der Waals surface area (Å²) in [6, 6.07) is 18.1.